The molecule has 4 unspecified atom stereocenters. The second-order valence-electron chi connectivity index (χ2n) is 11.8. The smallest absolute Gasteiger partial charge is 0.240 e. The Hall–Kier alpha value is -3.06. The average molecular weight is 533 g/mol. The van der Waals surface area contributed by atoms with E-state index in [9.17, 15) is 17.9 Å². The van der Waals surface area contributed by atoms with Crippen LogP contribution in [-0.4, -0.2) is 35.2 Å². The first kappa shape index (κ1) is 24.0. The highest BCUT2D eigenvalue weighted by atomic mass is 32.2. The lowest BCUT2D eigenvalue weighted by atomic mass is 9.46. The molecule has 4 atom stereocenters. The van der Waals surface area contributed by atoms with Gasteiger partial charge in [-0.3, -0.25) is 0 Å². The minimum atomic E-state index is -3.73. The van der Waals surface area contributed by atoms with E-state index in [0.29, 0.717) is 23.5 Å². The molecule has 0 saturated heterocycles. The molecule has 7 nitrogen and oxygen atoms in total. The number of sulfonamides is 1. The van der Waals surface area contributed by atoms with Gasteiger partial charge in [-0.2, -0.15) is 5.26 Å². The molecule has 5 aliphatic rings. The summed E-state index contributed by atoms with van der Waals surface area (Å²) < 4.78 is 46.4. The lowest BCUT2D eigenvalue weighted by molar-refractivity contribution is -0.134. The van der Waals surface area contributed by atoms with E-state index in [-0.39, 0.29) is 40.0 Å². The maximum atomic E-state index is 15.0. The third-order valence-electron chi connectivity index (χ3n) is 9.72. The molecule has 38 heavy (non-hydrogen) atoms. The minimum absolute atomic E-state index is 0.153. The highest BCUT2D eigenvalue weighted by Crippen LogP contribution is 2.62. The van der Waals surface area contributed by atoms with Crippen LogP contribution in [0.3, 0.4) is 0 Å². The number of aliphatic hydroxyl groups is 1. The van der Waals surface area contributed by atoms with Gasteiger partial charge in [0.1, 0.15) is 5.82 Å². The number of imidazole rings is 1. The standard InChI is InChI=1S/C29H29FN4O3S/c30-23-3-1-2-22-25-15-32-16-34(25)24(27(22)23)10-26(35)29-11-18-8-19(12-29)28(20(9-18)13-29)33-38(36,37)21-6-4-17(14-31)5-7-21/h1-7,15-16,18-20,24,26,28,33,35H,8-13H2. The Bertz CT molecular complexity index is 1550. The number of nitriles is 1. The van der Waals surface area contributed by atoms with Gasteiger partial charge >= 0.3 is 0 Å². The SMILES string of the molecule is N#Cc1ccc(S(=O)(=O)NC2C3CC4CC2CC(C(O)CC2c5c(F)cccc5-c5cncn52)(C4)C3)cc1. The summed E-state index contributed by atoms with van der Waals surface area (Å²) in [5.74, 6) is 0.515. The molecule has 0 radical (unpaired) electrons. The minimum Gasteiger partial charge on any atom is -0.392 e. The van der Waals surface area contributed by atoms with Crippen LogP contribution in [0.4, 0.5) is 4.39 Å². The van der Waals surface area contributed by atoms with Gasteiger partial charge < -0.3 is 9.67 Å². The topological polar surface area (TPSA) is 108 Å². The zero-order valence-electron chi connectivity index (χ0n) is 20.8. The van der Waals surface area contributed by atoms with Crippen molar-refractivity contribution in [1.29, 1.82) is 5.26 Å². The van der Waals surface area contributed by atoms with E-state index >= 15 is 0 Å². The van der Waals surface area contributed by atoms with Crippen molar-refractivity contribution in [3.63, 3.8) is 0 Å². The van der Waals surface area contributed by atoms with E-state index in [4.69, 9.17) is 5.26 Å². The fourth-order valence-corrected chi connectivity index (χ4v) is 9.71. The Kier molecular flexibility index (Phi) is 5.35. The molecule has 3 aromatic rings. The van der Waals surface area contributed by atoms with Gasteiger partial charge in [0.2, 0.25) is 10.0 Å². The number of halogens is 1. The first-order valence-corrected chi connectivity index (χ1v) is 14.8. The molecule has 4 aliphatic carbocycles. The van der Waals surface area contributed by atoms with Crippen molar-refractivity contribution in [3.05, 3.63) is 71.9 Å². The van der Waals surface area contributed by atoms with Crippen LogP contribution in [0.5, 0.6) is 0 Å². The van der Waals surface area contributed by atoms with Gasteiger partial charge in [-0.25, -0.2) is 22.5 Å². The molecular weight excluding hydrogens is 503 g/mol. The van der Waals surface area contributed by atoms with Crippen LogP contribution in [0.1, 0.15) is 55.7 Å². The number of benzene rings is 2. The summed E-state index contributed by atoms with van der Waals surface area (Å²) >= 11 is 0. The van der Waals surface area contributed by atoms with Gasteiger partial charge in [0.25, 0.3) is 0 Å². The lowest BCUT2D eigenvalue weighted by Gasteiger charge is -2.61. The number of nitrogens with zero attached hydrogens (tertiary/aromatic N) is 3. The van der Waals surface area contributed by atoms with Gasteiger partial charge in [-0.05, 0) is 92.0 Å². The number of fused-ring (bicyclic) bond motifs is 3. The normalized spacial score (nSPS) is 31.6. The first-order valence-electron chi connectivity index (χ1n) is 13.3. The Morgan fingerprint density at radius 1 is 1.16 bits per heavy atom. The van der Waals surface area contributed by atoms with E-state index in [1.165, 1.54) is 30.3 Å². The quantitative estimate of drug-likeness (QED) is 0.490. The summed E-state index contributed by atoms with van der Waals surface area (Å²) in [6, 6.07) is 12.6. The molecule has 2 N–H and O–H groups in total. The summed E-state index contributed by atoms with van der Waals surface area (Å²) in [7, 11) is -3.73. The first-order chi connectivity index (χ1) is 18.3. The third-order valence-corrected chi connectivity index (χ3v) is 11.2. The van der Waals surface area contributed by atoms with Crippen molar-refractivity contribution < 1.29 is 17.9 Å². The Morgan fingerprint density at radius 2 is 1.89 bits per heavy atom. The number of aliphatic hydroxyl groups excluding tert-OH is 1. The third kappa shape index (κ3) is 3.58. The van der Waals surface area contributed by atoms with Gasteiger partial charge in [0, 0.05) is 17.2 Å². The number of nitrogens with one attached hydrogen (secondary N) is 1. The van der Waals surface area contributed by atoms with Crippen LogP contribution in [0.15, 0.2) is 59.9 Å². The van der Waals surface area contributed by atoms with Gasteiger partial charge in [0.15, 0.2) is 0 Å². The second-order valence-corrected chi connectivity index (χ2v) is 13.5. The number of rotatable bonds is 6. The van der Waals surface area contributed by atoms with Crippen molar-refractivity contribution in [2.75, 3.05) is 0 Å². The predicted molar refractivity (Wildman–Crippen MR) is 138 cm³/mol. The highest BCUT2D eigenvalue weighted by molar-refractivity contribution is 7.89. The molecule has 2 heterocycles. The predicted octanol–water partition coefficient (Wildman–Crippen LogP) is 4.39. The van der Waals surface area contributed by atoms with Crippen molar-refractivity contribution in [1.82, 2.24) is 14.3 Å². The Labute approximate surface area is 221 Å². The molecule has 9 heteroatoms. The fraction of sp³-hybridized carbons (Fsp3) is 0.448. The van der Waals surface area contributed by atoms with Crippen molar-refractivity contribution in [3.8, 4) is 17.3 Å². The molecule has 4 bridgehead atoms. The molecule has 196 valence electrons. The molecule has 1 aromatic heterocycles. The van der Waals surface area contributed by atoms with E-state index in [0.717, 1.165) is 43.4 Å². The largest absolute Gasteiger partial charge is 0.392 e. The molecule has 0 spiro atoms. The summed E-state index contributed by atoms with van der Waals surface area (Å²) in [6.07, 6.45) is 7.62. The number of hydrogen-bond donors (Lipinski definition) is 2. The summed E-state index contributed by atoms with van der Waals surface area (Å²) in [4.78, 5) is 4.44. The molecule has 4 saturated carbocycles. The van der Waals surface area contributed by atoms with E-state index < -0.39 is 16.1 Å². The summed E-state index contributed by atoms with van der Waals surface area (Å²) in [5.41, 5.74) is 2.47. The Morgan fingerprint density at radius 3 is 2.61 bits per heavy atom. The van der Waals surface area contributed by atoms with Crippen molar-refractivity contribution in [2.24, 2.45) is 23.2 Å². The van der Waals surface area contributed by atoms with Crippen LogP contribution >= 0.6 is 0 Å². The molecule has 8 rings (SSSR count). The molecule has 2 aromatic carbocycles. The van der Waals surface area contributed by atoms with Crippen LogP contribution in [0.25, 0.3) is 11.3 Å². The summed E-state index contributed by atoms with van der Waals surface area (Å²) in [5, 5.41) is 20.8. The maximum Gasteiger partial charge on any atom is 0.240 e. The van der Waals surface area contributed by atoms with E-state index in [2.05, 4.69) is 9.71 Å². The maximum absolute atomic E-state index is 15.0. The van der Waals surface area contributed by atoms with Crippen LogP contribution in [0.2, 0.25) is 0 Å². The van der Waals surface area contributed by atoms with E-state index in [1.807, 2.05) is 16.7 Å². The van der Waals surface area contributed by atoms with Crippen LogP contribution in [0, 0.1) is 40.3 Å². The van der Waals surface area contributed by atoms with Gasteiger partial charge in [0.05, 0.1) is 46.9 Å². The number of hydrogen-bond acceptors (Lipinski definition) is 5. The fourth-order valence-electron chi connectivity index (χ4n) is 8.34. The summed E-state index contributed by atoms with van der Waals surface area (Å²) in [6.45, 7) is 0. The van der Waals surface area contributed by atoms with Gasteiger partial charge in [-0.15, -0.1) is 0 Å². The number of aromatic nitrogens is 2. The zero-order chi connectivity index (χ0) is 26.2. The monoisotopic (exact) mass is 532 g/mol. The second kappa shape index (κ2) is 8.47. The Balaban J connectivity index is 1.13. The molecular formula is C29H29FN4O3S. The van der Waals surface area contributed by atoms with E-state index in [1.54, 1.807) is 18.6 Å². The highest BCUT2D eigenvalue weighted by Gasteiger charge is 2.58. The molecule has 4 fully saturated rings. The molecule has 0 amide bonds. The van der Waals surface area contributed by atoms with Crippen molar-refractivity contribution >= 4 is 10.0 Å². The zero-order valence-corrected chi connectivity index (χ0v) is 21.6. The lowest BCUT2D eigenvalue weighted by Crippen LogP contribution is -2.61. The van der Waals surface area contributed by atoms with Crippen LogP contribution < -0.4 is 4.72 Å². The van der Waals surface area contributed by atoms with Crippen LogP contribution in [-0.2, 0) is 10.0 Å². The molecule has 1 aliphatic heterocycles. The average Bonchev–Trinajstić information content (AvgIpc) is 3.49. The van der Waals surface area contributed by atoms with Crippen molar-refractivity contribution in [2.45, 2.75) is 61.6 Å². The van der Waals surface area contributed by atoms with Gasteiger partial charge in [-0.1, -0.05) is 12.1 Å².